The molecule has 0 unspecified atom stereocenters. The van der Waals surface area contributed by atoms with Crippen LogP contribution in [0.2, 0.25) is 0 Å². The number of hydrogen-bond donors (Lipinski definition) is 0. The summed E-state index contributed by atoms with van der Waals surface area (Å²) in [4.78, 5) is 2.34. The first-order chi connectivity index (χ1) is 30.7. The third-order valence-corrected chi connectivity index (χ3v) is 13.6. The van der Waals surface area contributed by atoms with Gasteiger partial charge in [0.15, 0.2) is 0 Å². The van der Waals surface area contributed by atoms with Crippen molar-refractivity contribution in [2.75, 3.05) is 4.90 Å². The van der Waals surface area contributed by atoms with Gasteiger partial charge in [0.2, 0.25) is 0 Å². The highest BCUT2D eigenvalue weighted by Gasteiger charge is 2.18. The van der Waals surface area contributed by atoms with Crippen LogP contribution in [0.5, 0.6) is 0 Å². The minimum Gasteiger partial charge on any atom is -0.456 e. The zero-order valence-corrected chi connectivity index (χ0v) is 34.2. The molecule has 0 amide bonds. The largest absolute Gasteiger partial charge is 0.456 e. The molecule has 0 saturated carbocycles. The van der Waals surface area contributed by atoms with Crippen molar-refractivity contribution in [3.05, 3.63) is 212 Å². The molecule has 0 aliphatic heterocycles. The second kappa shape index (κ2) is 13.8. The van der Waals surface area contributed by atoms with Crippen LogP contribution in [0.1, 0.15) is 0 Å². The van der Waals surface area contributed by atoms with E-state index in [0.29, 0.717) is 0 Å². The molecular weight excluding hydrogens is 775 g/mol. The highest BCUT2D eigenvalue weighted by atomic mass is 32.1. The Kier molecular flexibility index (Phi) is 7.78. The van der Waals surface area contributed by atoms with Gasteiger partial charge in [0.25, 0.3) is 0 Å². The topological polar surface area (TPSA) is 29.5 Å². The smallest absolute Gasteiger partial charge is 0.143 e. The minimum absolute atomic E-state index is 0.894. The first kappa shape index (κ1) is 34.9. The molecule has 10 aromatic carbocycles. The summed E-state index contributed by atoms with van der Waals surface area (Å²) in [5.74, 6) is 0. The first-order valence-electron chi connectivity index (χ1n) is 21.0. The number of furan rings is 2. The predicted molar refractivity (Wildman–Crippen MR) is 262 cm³/mol. The Balaban J connectivity index is 0.891. The SMILES string of the molecule is c1ccc2c(c1)ccc1c2oc2cccc(-c3ccc(N(c4ccc(-c5ccc6c(c5)oc5ccccc56)cc4)c4ccc(-c5ccc6c(c5)sc5ccccc56)cc4)cc3)c21. The van der Waals surface area contributed by atoms with Gasteiger partial charge in [-0.1, -0.05) is 133 Å². The quantitative estimate of drug-likeness (QED) is 0.168. The summed E-state index contributed by atoms with van der Waals surface area (Å²) in [6.45, 7) is 0. The van der Waals surface area contributed by atoms with Crippen LogP contribution in [0.15, 0.2) is 221 Å². The number of nitrogens with zero attached hydrogens (tertiary/aromatic N) is 1. The van der Waals surface area contributed by atoms with E-state index in [0.717, 1.165) is 88.6 Å². The second-order valence-corrected chi connectivity index (χ2v) is 17.1. The maximum Gasteiger partial charge on any atom is 0.143 e. The second-order valence-electron chi connectivity index (χ2n) is 16.0. The molecule has 0 aliphatic rings. The Morgan fingerprint density at radius 1 is 0.323 bits per heavy atom. The summed E-state index contributed by atoms with van der Waals surface area (Å²) < 4.78 is 15.4. The van der Waals surface area contributed by atoms with Crippen LogP contribution in [-0.2, 0) is 0 Å². The van der Waals surface area contributed by atoms with Crippen LogP contribution in [0.4, 0.5) is 17.1 Å². The van der Waals surface area contributed by atoms with Crippen molar-refractivity contribution >= 4 is 103 Å². The molecule has 290 valence electrons. The van der Waals surface area contributed by atoms with Crippen molar-refractivity contribution in [3.8, 4) is 33.4 Å². The fraction of sp³-hybridized carbons (Fsp3) is 0. The monoisotopic (exact) mass is 809 g/mol. The zero-order chi connectivity index (χ0) is 40.7. The number of hydrogen-bond acceptors (Lipinski definition) is 4. The van der Waals surface area contributed by atoms with Crippen molar-refractivity contribution in [2.45, 2.75) is 0 Å². The number of rotatable bonds is 6. The highest BCUT2D eigenvalue weighted by molar-refractivity contribution is 7.25. The lowest BCUT2D eigenvalue weighted by atomic mass is 9.98. The molecule has 0 fully saturated rings. The molecule has 0 aliphatic carbocycles. The molecule has 3 nitrogen and oxygen atoms in total. The maximum absolute atomic E-state index is 6.55. The lowest BCUT2D eigenvalue weighted by Crippen LogP contribution is -2.09. The van der Waals surface area contributed by atoms with Crippen molar-refractivity contribution in [3.63, 3.8) is 0 Å². The lowest BCUT2D eigenvalue weighted by Gasteiger charge is -2.26. The average Bonchev–Trinajstić information content (AvgIpc) is 4.03. The van der Waals surface area contributed by atoms with Gasteiger partial charge < -0.3 is 13.7 Å². The maximum atomic E-state index is 6.55. The molecule has 13 rings (SSSR count). The summed E-state index contributed by atoms with van der Waals surface area (Å²) in [5, 5.41) is 9.48. The Labute approximate surface area is 360 Å². The van der Waals surface area contributed by atoms with E-state index in [9.17, 15) is 0 Å². The summed E-state index contributed by atoms with van der Waals surface area (Å²) in [5.41, 5.74) is 13.8. The number of anilines is 3. The van der Waals surface area contributed by atoms with Crippen LogP contribution in [-0.4, -0.2) is 0 Å². The zero-order valence-electron chi connectivity index (χ0n) is 33.4. The fourth-order valence-electron chi connectivity index (χ4n) is 9.45. The Bertz CT molecular complexity index is 3700. The van der Waals surface area contributed by atoms with Gasteiger partial charge in [-0.15, -0.1) is 11.3 Å². The average molecular weight is 810 g/mol. The number of para-hydroxylation sites is 1. The van der Waals surface area contributed by atoms with E-state index in [-0.39, 0.29) is 0 Å². The van der Waals surface area contributed by atoms with E-state index >= 15 is 0 Å². The fourth-order valence-corrected chi connectivity index (χ4v) is 10.6. The molecular formula is C58H35NO2S. The van der Waals surface area contributed by atoms with Gasteiger partial charge in [0, 0.05) is 64.2 Å². The van der Waals surface area contributed by atoms with Crippen molar-refractivity contribution in [2.24, 2.45) is 0 Å². The standard InChI is InChI=1S/C58H35NO2S/c1-2-9-46-38(8-1)22-33-51-57-45(12-7-14-53(57)61-58(46)51)39-20-29-44(30-21-39)59(42-25-16-36(17-26-42)40-23-31-48-47-10-3-5-13-52(47)60-54(48)34-40)43-27-18-37(19-28-43)41-24-32-50-49-11-4-6-15-55(49)62-56(50)35-41/h1-35H. The summed E-state index contributed by atoms with van der Waals surface area (Å²) >= 11 is 1.86. The van der Waals surface area contributed by atoms with E-state index in [4.69, 9.17) is 8.83 Å². The molecule has 0 bridgehead atoms. The van der Waals surface area contributed by atoms with Gasteiger partial charge in [-0.25, -0.2) is 0 Å². The van der Waals surface area contributed by atoms with E-state index < -0.39 is 0 Å². The van der Waals surface area contributed by atoms with E-state index in [1.54, 1.807) is 0 Å². The van der Waals surface area contributed by atoms with Crippen LogP contribution < -0.4 is 4.90 Å². The molecule has 13 aromatic rings. The summed E-state index contributed by atoms with van der Waals surface area (Å²) in [7, 11) is 0. The van der Waals surface area contributed by atoms with Gasteiger partial charge in [0.05, 0.1) is 0 Å². The highest BCUT2D eigenvalue weighted by Crippen LogP contribution is 2.43. The Hall–Kier alpha value is -7.92. The molecule has 0 atom stereocenters. The molecule has 3 heterocycles. The molecule has 62 heavy (non-hydrogen) atoms. The summed E-state index contributed by atoms with van der Waals surface area (Å²) in [6, 6.07) is 76.3. The molecule has 3 aromatic heterocycles. The number of thiophene rings is 1. The Morgan fingerprint density at radius 3 is 1.63 bits per heavy atom. The summed E-state index contributed by atoms with van der Waals surface area (Å²) in [6.07, 6.45) is 0. The van der Waals surface area contributed by atoms with Gasteiger partial charge in [0.1, 0.15) is 22.3 Å². The van der Waals surface area contributed by atoms with E-state index in [2.05, 4.69) is 205 Å². The van der Waals surface area contributed by atoms with Gasteiger partial charge in [-0.2, -0.15) is 0 Å². The normalized spacial score (nSPS) is 11.9. The molecule has 0 spiro atoms. The first-order valence-corrected chi connectivity index (χ1v) is 21.8. The molecule has 0 saturated heterocycles. The number of fused-ring (bicyclic) bond motifs is 11. The van der Waals surface area contributed by atoms with Crippen molar-refractivity contribution in [1.29, 1.82) is 0 Å². The predicted octanol–water partition coefficient (Wildman–Crippen LogP) is 17.5. The van der Waals surface area contributed by atoms with E-state index in [1.807, 2.05) is 23.5 Å². The third kappa shape index (κ3) is 5.58. The van der Waals surface area contributed by atoms with Crippen LogP contribution in [0, 0.1) is 0 Å². The number of benzene rings is 10. The Morgan fingerprint density at radius 2 is 0.871 bits per heavy atom. The van der Waals surface area contributed by atoms with Crippen LogP contribution >= 0.6 is 11.3 Å². The van der Waals surface area contributed by atoms with Crippen molar-refractivity contribution < 1.29 is 8.83 Å². The van der Waals surface area contributed by atoms with Crippen LogP contribution in [0.3, 0.4) is 0 Å². The van der Waals surface area contributed by atoms with Gasteiger partial charge in [-0.3, -0.25) is 0 Å². The molecule has 0 N–H and O–H groups in total. The molecule has 4 heteroatoms. The van der Waals surface area contributed by atoms with Gasteiger partial charge >= 0.3 is 0 Å². The lowest BCUT2D eigenvalue weighted by molar-refractivity contribution is 0.669. The van der Waals surface area contributed by atoms with E-state index in [1.165, 1.54) is 36.7 Å². The molecule has 0 radical (unpaired) electrons. The van der Waals surface area contributed by atoms with Crippen molar-refractivity contribution in [1.82, 2.24) is 0 Å². The minimum atomic E-state index is 0.894. The van der Waals surface area contributed by atoms with Gasteiger partial charge in [-0.05, 0) is 118 Å². The van der Waals surface area contributed by atoms with Crippen LogP contribution in [0.25, 0.3) is 108 Å². The third-order valence-electron chi connectivity index (χ3n) is 12.5.